The van der Waals surface area contributed by atoms with Gasteiger partial charge in [0.2, 0.25) is 0 Å². The fourth-order valence-electron chi connectivity index (χ4n) is 4.88. The lowest BCUT2D eigenvalue weighted by atomic mass is 9.90. The first kappa shape index (κ1) is 23.2. The van der Waals surface area contributed by atoms with Gasteiger partial charge in [-0.2, -0.15) is 0 Å². The number of halogens is 1. The number of nitrogen functional groups attached to an aromatic ring is 1. The molecule has 0 bridgehead atoms. The van der Waals surface area contributed by atoms with Gasteiger partial charge in [-0.25, -0.2) is 19.6 Å². The Kier molecular flexibility index (Phi) is 5.88. The smallest absolute Gasteiger partial charge is 0.259 e. The normalized spacial score (nSPS) is 14.8. The van der Waals surface area contributed by atoms with E-state index in [1.165, 1.54) is 10.2 Å². The van der Waals surface area contributed by atoms with Crippen molar-refractivity contribution < 1.29 is 9.53 Å². The third kappa shape index (κ3) is 4.33. The highest BCUT2D eigenvalue weighted by Crippen LogP contribution is 2.34. The van der Waals surface area contributed by atoms with Gasteiger partial charge in [0, 0.05) is 44.1 Å². The van der Waals surface area contributed by atoms with Gasteiger partial charge in [-0.05, 0) is 54.3 Å². The Bertz CT molecular complexity index is 1480. The van der Waals surface area contributed by atoms with Crippen LogP contribution in [0.15, 0.2) is 48.9 Å². The first-order valence-corrected chi connectivity index (χ1v) is 12.4. The van der Waals surface area contributed by atoms with Gasteiger partial charge in [0.25, 0.3) is 11.9 Å². The molecule has 6 rings (SSSR count). The first-order valence-electron chi connectivity index (χ1n) is 12.0. The number of amides is 1. The van der Waals surface area contributed by atoms with Gasteiger partial charge in [-0.1, -0.05) is 11.6 Å². The van der Waals surface area contributed by atoms with E-state index in [1.54, 1.807) is 30.5 Å². The molecular formula is C26H25ClN8O2. The highest BCUT2D eigenvalue weighted by atomic mass is 35.5. The Labute approximate surface area is 218 Å². The quantitative estimate of drug-likeness (QED) is 0.411. The molecule has 37 heavy (non-hydrogen) atoms. The summed E-state index contributed by atoms with van der Waals surface area (Å²) in [6.07, 6.45) is 6.94. The van der Waals surface area contributed by atoms with Gasteiger partial charge in [0.05, 0.1) is 24.7 Å². The summed E-state index contributed by atoms with van der Waals surface area (Å²) in [6.45, 7) is 2.48. The Hall–Kier alpha value is -4.18. The van der Waals surface area contributed by atoms with Crippen LogP contribution in [0.3, 0.4) is 0 Å². The van der Waals surface area contributed by atoms with Gasteiger partial charge in [0.1, 0.15) is 16.5 Å². The highest BCUT2D eigenvalue weighted by Gasteiger charge is 2.26. The first-order chi connectivity index (χ1) is 18.0. The summed E-state index contributed by atoms with van der Waals surface area (Å²) in [6, 6.07) is 9.70. The number of nitrogens with two attached hydrogens (primary N) is 1. The molecule has 0 unspecified atom stereocenters. The van der Waals surface area contributed by atoms with E-state index in [0.717, 1.165) is 41.1 Å². The average Bonchev–Trinajstić information content (AvgIpc) is 3.33. The molecule has 1 aliphatic heterocycles. The van der Waals surface area contributed by atoms with Crippen LogP contribution in [-0.2, 0) is 12.8 Å². The predicted molar refractivity (Wildman–Crippen MR) is 140 cm³/mol. The fraction of sp³-hybridized carbons (Fsp3) is 0.269. The maximum Gasteiger partial charge on any atom is 0.259 e. The number of methoxy groups -OCH3 is 1. The lowest BCUT2D eigenvalue weighted by molar-refractivity contribution is 0.0748. The molecule has 0 atom stereocenters. The van der Waals surface area contributed by atoms with Crippen LogP contribution in [0.4, 0.5) is 11.5 Å². The molecule has 11 heteroatoms. The molecule has 1 fully saturated rings. The van der Waals surface area contributed by atoms with Crippen LogP contribution in [0.2, 0.25) is 5.15 Å². The van der Waals surface area contributed by atoms with E-state index in [-0.39, 0.29) is 11.7 Å². The number of hydrogen-bond donors (Lipinski definition) is 1. The summed E-state index contributed by atoms with van der Waals surface area (Å²) in [4.78, 5) is 30.7. The number of anilines is 2. The van der Waals surface area contributed by atoms with Crippen LogP contribution in [-0.4, -0.2) is 68.8 Å². The number of benzene rings is 1. The minimum absolute atomic E-state index is 0.154. The molecule has 1 aromatic carbocycles. The van der Waals surface area contributed by atoms with Crippen LogP contribution in [0, 0.1) is 0 Å². The molecule has 2 aliphatic rings. The second-order valence-corrected chi connectivity index (χ2v) is 9.45. The van der Waals surface area contributed by atoms with E-state index in [0.29, 0.717) is 42.8 Å². The van der Waals surface area contributed by atoms with E-state index < -0.39 is 0 Å². The molecule has 0 radical (unpaired) electrons. The monoisotopic (exact) mass is 516 g/mol. The largest absolute Gasteiger partial charge is 0.497 e. The Morgan fingerprint density at radius 3 is 2.59 bits per heavy atom. The molecule has 0 spiro atoms. The second kappa shape index (κ2) is 9.36. The standard InChI is InChI=1S/C26H25ClN8O2/c1-37-19-5-6-20-16(12-19)2-3-17-13-30-26(31-23(17)20)35-15-21(24(28)32-35)25(36)34-10-8-33(9-11-34)18-4-7-22(27)29-14-18/h4-7,12-15H,2-3,8-11H2,1H3,(H2,28,32). The number of carbonyl (C=O) groups is 1. The Morgan fingerprint density at radius 2 is 1.84 bits per heavy atom. The molecule has 4 aromatic rings. The van der Waals surface area contributed by atoms with Gasteiger partial charge in [0.15, 0.2) is 5.82 Å². The van der Waals surface area contributed by atoms with Gasteiger partial charge in [-0.3, -0.25) is 4.79 Å². The maximum absolute atomic E-state index is 13.3. The summed E-state index contributed by atoms with van der Waals surface area (Å²) < 4.78 is 6.86. The van der Waals surface area contributed by atoms with E-state index >= 15 is 0 Å². The van der Waals surface area contributed by atoms with Crippen molar-refractivity contribution in [2.45, 2.75) is 12.8 Å². The second-order valence-electron chi connectivity index (χ2n) is 9.06. The topological polar surface area (TPSA) is 115 Å². The summed E-state index contributed by atoms with van der Waals surface area (Å²) in [7, 11) is 1.66. The Morgan fingerprint density at radius 1 is 1.03 bits per heavy atom. The van der Waals surface area contributed by atoms with Crippen molar-refractivity contribution in [3.63, 3.8) is 0 Å². The third-order valence-corrected chi connectivity index (χ3v) is 7.13. The minimum Gasteiger partial charge on any atom is -0.497 e. The number of fused-ring (bicyclic) bond motifs is 3. The van der Waals surface area contributed by atoms with Gasteiger partial charge < -0.3 is 20.3 Å². The van der Waals surface area contributed by atoms with Crippen molar-refractivity contribution in [2.24, 2.45) is 0 Å². The molecular weight excluding hydrogens is 492 g/mol. The van der Waals surface area contributed by atoms with Crippen LogP contribution in [0.1, 0.15) is 21.5 Å². The van der Waals surface area contributed by atoms with E-state index in [2.05, 4.69) is 20.0 Å². The summed E-state index contributed by atoms with van der Waals surface area (Å²) in [5.74, 6) is 1.19. The summed E-state index contributed by atoms with van der Waals surface area (Å²) >= 11 is 5.90. The number of ether oxygens (including phenoxy) is 1. The van der Waals surface area contributed by atoms with Gasteiger partial charge >= 0.3 is 0 Å². The molecule has 3 aromatic heterocycles. The van der Waals surface area contributed by atoms with Crippen LogP contribution >= 0.6 is 11.6 Å². The molecule has 0 saturated carbocycles. The van der Waals surface area contributed by atoms with E-state index in [1.807, 2.05) is 30.5 Å². The number of aromatic nitrogens is 5. The Balaban J connectivity index is 1.21. The summed E-state index contributed by atoms with van der Waals surface area (Å²) in [5, 5.41) is 4.83. The van der Waals surface area contributed by atoms with Gasteiger partial charge in [-0.15, -0.1) is 5.10 Å². The highest BCUT2D eigenvalue weighted by molar-refractivity contribution is 6.29. The molecule has 10 nitrogen and oxygen atoms in total. The van der Waals surface area contributed by atoms with Crippen LogP contribution in [0.25, 0.3) is 17.2 Å². The predicted octanol–water partition coefficient (Wildman–Crippen LogP) is 3.03. The number of piperazine rings is 1. The minimum atomic E-state index is -0.159. The number of carbonyl (C=O) groups excluding carboxylic acids is 1. The van der Waals surface area contributed by atoms with Crippen molar-refractivity contribution >= 4 is 29.0 Å². The van der Waals surface area contributed by atoms with E-state index in [9.17, 15) is 4.79 Å². The zero-order chi connectivity index (χ0) is 25.5. The van der Waals surface area contributed by atoms with Crippen molar-refractivity contribution in [3.05, 3.63) is 70.8 Å². The van der Waals surface area contributed by atoms with Crippen molar-refractivity contribution in [2.75, 3.05) is 43.9 Å². The zero-order valence-corrected chi connectivity index (χ0v) is 21.0. The summed E-state index contributed by atoms with van der Waals surface area (Å²) in [5.41, 5.74) is 11.7. The molecule has 188 valence electrons. The fourth-order valence-corrected chi connectivity index (χ4v) is 4.99. The van der Waals surface area contributed by atoms with Crippen LogP contribution < -0.4 is 15.4 Å². The molecule has 1 saturated heterocycles. The SMILES string of the molecule is COc1ccc2c(c1)CCc1cnc(-n3cc(C(=O)N4CCN(c5ccc(Cl)nc5)CC4)c(N)n3)nc1-2. The lowest BCUT2D eigenvalue weighted by Crippen LogP contribution is -2.48. The van der Waals surface area contributed by atoms with Crippen molar-refractivity contribution in [1.82, 2.24) is 29.6 Å². The zero-order valence-electron chi connectivity index (χ0n) is 20.3. The number of aryl methyl sites for hydroxylation is 2. The number of pyridine rings is 1. The number of hydrogen-bond acceptors (Lipinski definition) is 8. The van der Waals surface area contributed by atoms with Crippen LogP contribution in [0.5, 0.6) is 5.75 Å². The molecule has 2 N–H and O–H groups in total. The number of nitrogens with zero attached hydrogens (tertiary/aromatic N) is 7. The van der Waals surface area contributed by atoms with Crippen molar-refractivity contribution in [1.29, 1.82) is 0 Å². The third-order valence-electron chi connectivity index (χ3n) is 6.90. The molecule has 1 aliphatic carbocycles. The maximum atomic E-state index is 13.3. The molecule has 4 heterocycles. The van der Waals surface area contributed by atoms with Crippen molar-refractivity contribution in [3.8, 4) is 23.0 Å². The lowest BCUT2D eigenvalue weighted by Gasteiger charge is -2.35. The average molecular weight is 517 g/mol. The number of rotatable bonds is 4. The van der Waals surface area contributed by atoms with E-state index in [4.69, 9.17) is 27.1 Å². The molecule has 1 amide bonds.